The fourth-order valence-electron chi connectivity index (χ4n) is 2.58. The van der Waals surface area contributed by atoms with Crippen LogP contribution in [0.4, 0.5) is 0 Å². The molecule has 28 heavy (non-hydrogen) atoms. The lowest BCUT2D eigenvalue weighted by Crippen LogP contribution is -2.42. The topological polar surface area (TPSA) is 55.4 Å². The van der Waals surface area contributed by atoms with Crippen LogP contribution in [0.25, 0.3) is 0 Å². The van der Waals surface area contributed by atoms with E-state index >= 15 is 0 Å². The molecule has 0 bridgehead atoms. The quantitative estimate of drug-likeness (QED) is 0.108. The van der Waals surface area contributed by atoms with Crippen LogP contribution in [-0.4, -0.2) is 71.8 Å². The van der Waals surface area contributed by atoms with Gasteiger partial charge in [0.2, 0.25) is 0 Å². The van der Waals surface area contributed by atoms with E-state index in [-0.39, 0.29) is 0 Å². The van der Waals surface area contributed by atoms with Gasteiger partial charge in [-0.25, -0.2) is 0 Å². The van der Waals surface area contributed by atoms with Gasteiger partial charge in [-0.05, 0) is 45.3 Å². The predicted molar refractivity (Wildman–Crippen MR) is 131 cm³/mol. The lowest BCUT2D eigenvalue weighted by Gasteiger charge is -2.24. The van der Waals surface area contributed by atoms with Crippen molar-refractivity contribution in [2.24, 2.45) is 0 Å². The minimum Gasteiger partial charge on any atom is -0.377 e. The summed E-state index contributed by atoms with van der Waals surface area (Å²) in [6.07, 6.45) is 6.99. The fourth-order valence-corrected chi connectivity index (χ4v) is 12.4. The average molecular weight is 511 g/mol. The Hall–Kier alpha value is 1.59. The fraction of sp³-hybridized carbons (Fsp3) is 1.00. The molecule has 12 heteroatoms. The van der Waals surface area contributed by atoms with Gasteiger partial charge in [0.15, 0.2) is 0 Å². The van der Waals surface area contributed by atoms with Crippen molar-refractivity contribution in [2.75, 3.05) is 54.2 Å². The molecule has 0 rings (SSSR count). The smallest absolute Gasteiger partial charge is 0.377 e. The van der Waals surface area contributed by atoms with Crippen molar-refractivity contribution < 1.29 is 26.6 Å². The van der Waals surface area contributed by atoms with Crippen molar-refractivity contribution in [1.82, 2.24) is 0 Å². The van der Waals surface area contributed by atoms with Gasteiger partial charge >= 0.3 is 17.6 Å². The van der Waals surface area contributed by atoms with E-state index in [1.807, 2.05) is 41.2 Å². The molecule has 6 nitrogen and oxygen atoms in total. The molecule has 0 spiro atoms. The predicted octanol–water partition coefficient (Wildman–Crippen LogP) is 5.76. The summed E-state index contributed by atoms with van der Waals surface area (Å²) in [6, 6.07) is 1.78. The molecule has 0 N–H and O–H groups in total. The minimum atomic E-state index is -2.37. The molecule has 0 heterocycles. The highest BCUT2D eigenvalue weighted by Gasteiger charge is 2.37. The maximum absolute atomic E-state index is 5.44. The molecule has 0 aromatic rings. The maximum atomic E-state index is 5.44. The Morgan fingerprint density at radius 3 is 1.07 bits per heavy atom. The van der Waals surface area contributed by atoms with Gasteiger partial charge < -0.3 is 26.6 Å². The second kappa shape index (κ2) is 19.3. The first-order chi connectivity index (χ1) is 13.6. The third kappa shape index (κ3) is 13.1. The third-order valence-electron chi connectivity index (χ3n) is 4.41. The maximum Gasteiger partial charge on any atom is 0.500 e. The summed E-state index contributed by atoms with van der Waals surface area (Å²) in [7, 11) is 13.0. The SMILES string of the molecule is CO[Si](CCCCCSSSSCCCCC[Si](OC)(OC)OC)(OC)OC. The summed E-state index contributed by atoms with van der Waals surface area (Å²) in [5.74, 6) is 2.36. The standard InChI is InChI=1S/C16H38O6S4Si2/c1-17-27(18-2,19-3)15-11-7-9-13-23-25-26-24-14-10-8-12-16-28(20-4,21-5)22-6/h7-16H2,1-6H3. The first-order valence-electron chi connectivity index (χ1n) is 9.46. The van der Waals surface area contributed by atoms with Crippen LogP contribution in [0.15, 0.2) is 0 Å². The summed E-state index contributed by atoms with van der Waals surface area (Å²) >= 11 is 0. The summed E-state index contributed by atoms with van der Waals surface area (Å²) in [5, 5.41) is 0. The molecule has 0 saturated carbocycles. The molecular formula is C16H38O6S4Si2. The van der Waals surface area contributed by atoms with E-state index in [0.29, 0.717) is 0 Å². The van der Waals surface area contributed by atoms with Crippen LogP contribution in [0.3, 0.4) is 0 Å². The molecule has 0 aliphatic carbocycles. The van der Waals surface area contributed by atoms with E-state index in [1.54, 1.807) is 42.7 Å². The first-order valence-corrected chi connectivity index (χ1v) is 18.5. The molecule has 0 radical (unpaired) electrons. The normalized spacial score (nSPS) is 12.6. The van der Waals surface area contributed by atoms with Crippen LogP contribution in [0, 0.1) is 0 Å². The van der Waals surface area contributed by atoms with Gasteiger partial charge in [0, 0.05) is 66.3 Å². The van der Waals surface area contributed by atoms with Gasteiger partial charge in [-0.3, -0.25) is 0 Å². The van der Waals surface area contributed by atoms with Crippen molar-refractivity contribution >= 4 is 58.8 Å². The van der Waals surface area contributed by atoms with Crippen LogP contribution in [0.1, 0.15) is 38.5 Å². The van der Waals surface area contributed by atoms with E-state index < -0.39 is 17.6 Å². The van der Waals surface area contributed by atoms with Crippen molar-refractivity contribution in [1.29, 1.82) is 0 Å². The zero-order valence-corrected chi connectivity index (χ0v) is 23.4. The highest BCUT2D eigenvalue weighted by molar-refractivity contribution is 9.26. The van der Waals surface area contributed by atoms with Crippen molar-refractivity contribution in [3.63, 3.8) is 0 Å². The van der Waals surface area contributed by atoms with Crippen LogP contribution in [0.2, 0.25) is 12.1 Å². The van der Waals surface area contributed by atoms with E-state index in [2.05, 4.69) is 0 Å². The van der Waals surface area contributed by atoms with Crippen molar-refractivity contribution in [3.05, 3.63) is 0 Å². The zero-order valence-electron chi connectivity index (χ0n) is 18.2. The second-order valence-corrected chi connectivity index (χ2v) is 18.4. The molecule has 0 aliphatic rings. The van der Waals surface area contributed by atoms with Crippen LogP contribution >= 0.6 is 41.2 Å². The number of unbranched alkanes of at least 4 members (excludes halogenated alkanes) is 4. The monoisotopic (exact) mass is 510 g/mol. The Morgan fingerprint density at radius 2 is 0.786 bits per heavy atom. The molecule has 0 atom stereocenters. The Bertz CT molecular complexity index is 305. The molecule has 0 fully saturated rings. The Balaban J connectivity index is 3.43. The lowest BCUT2D eigenvalue weighted by molar-refractivity contribution is 0.122. The van der Waals surface area contributed by atoms with Gasteiger partial charge in [0.05, 0.1) is 0 Å². The average Bonchev–Trinajstić information content (AvgIpc) is 2.75. The van der Waals surface area contributed by atoms with E-state index in [0.717, 1.165) is 24.9 Å². The minimum absolute atomic E-state index is 0.891. The molecular weight excluding hydrogens is 473 g/mol. The van der Waals surface area contributed by atoms with Gasteiger partial charge in [0.1, 0.15) is 0 Å². The summed E-state index contributed by atoms with van der Waals surface area (Å²) in [5.41, 5.74) is 0. The van der Waals surface area contributed by atoms with Gasteiger partial charge in [-0.2, -0.15) is 0 Å². The Morgan fingerprint density at radius 1 is 0.464 bits per heavy atom. The summed E-state index contributed by atoms with van der Waals surface area (Å²) in [4.78, 5) is 0. The van der Waals surface area contributed by atoms with Crippen molar-refractivity contribution in [2.45, 2.75) is 50.6 Å². The zero-order chi connectivity index (χ0) is 21.1. The lowest BCUT2D eigenvalue weighted by atomic mass is 10.3. The van der Waals surface area contributed by atoms with Gasteiger partial charge in [-0.15, -0.1) is 0 Å². The number of hydrogen-bond donors (Lipinski definition) is 0. The molecule has 0 aliphatic heterocycles. The van der Waals surface area contributed by atoms with Crippen LogP contribution < -0.4 is 0 Å². The molecule has 0 unspecified atom stereocenters. The molecule has 0 amide bonds. The Kier molecular flexibility index (Phi) is 20.4. The van der Waals surface area contributed by atoms with Crippen LogP contribution in [-0.2, 0) is 26.6 Å². The number of hydrogen-bond acceptors (Lipinski definition) is 10. The highest BCUT2D eigenvalue weighted by atomic mass is 33.7. The molecule has 0 saturated heterocycles. The summed E-state index contributed by atoms with van der Waals surface area (Å²) < 4.78 is 32.6. The third-order valence-corrected chi connectivity index (χ3v) is 16.7. The van der Waals surface area contributed by atoms with Crippen LogP contribution in [0.5, 0.6) is 0 Å². The molecule has 0 aromatic carbocycles. The summed E-state index contributed by atoms with van der Waals surface area (Å²) in [6.45, 7) is 0. The first kappa shape index (κ1) is 29.6. The Labute approximate surface area is 189 Å². The molecule has 0 aromatic heterocycles. The van der Waals surface area contributed by atoms with E-state index in [4.69, 9.17) is 26.6 Å². The largest absolute Gasteiger partial charge is 0.500 e. The second-order valence-electron chi connectivity index (χ2n) is 5.99. The van der Waals surface area contributed by atoms with E-state index in [9.17, 15) is 0 Å². The molecule has 170 valence electrons. The van der Waals surface area contributed by atoms with Crippen molar-refractivity contribution in [3.8, 4) is 0 Å². The van der Waals surface area contributed by atoms with Gasteiger partial charge in [0.25, 0.3) is 0 Å². The van der Waals surface area contributed by atoms with Gasteiger partial charge in [-0.1, -0.05) is 34.4 Å². The highest BCUT2D eigenvalue weighted by Crippen LogP contribution is 2.43. The van der Waals surface area contributed by atoms with E-state index in [1.165, 1.54) is 37.2 Å². The number of rotatable bonds is 21.